The Morgan fingerprint density at radius 3 is 2.67 bits per heavy atom. The van der Waals surface area contributed by atoms with E-state index in [-0.39, 0.29) is 5.56 Å². The van der Waals surface area contributed by atoms with Crippen molar-refractivity contribution < 1.29 is 14.1 Å². The maximum Gasteiger partial charge on any atom is 0.305 e. The Morgan fingerprint density at radius 1 is 1.60 bits per heavy atom. The molecule has 0 aliphatic heterocycles. The van der Waals surface area contributed by atoms with E-state index in [9.17, 15) is 19.3 Å². The van der Waals surface area contributed by atoms with Crippen molar-refractivity contribution in [3.8, 4) is 0 Å². The second-order valence-corrected chi connectivity index (χ2v) is 3.23. The highest BCUT2D eigenvalue weighted by Crippen LogP contribution is 2.23. The highest BCUT2D eigenvalue weighted by Gasteiger charge is 2.22. The van der Waals surface area contributed by atoms with Crippen LogP contribution < -0.4 is 0 Å². The van der Waals surface area contributed by atoms with Crippen LogP contribution in [0.5, 0.6) is 0 Å². The number of alkyl halides is 1. The average molecular weight is 232 g/mol. The van der Waals surface area contributed by atoms with E-state index in [2.05, 4.69) is 0 Å². The van der Waals surface area contributed by atoms with Crippen LogP contribution in [0.1, 0.15) is 15.9 Å². The molecule has 0 saturated carbocycles. The first-order valence-electron chi connectivity index (χ1n) is 4.01. The SMILES string of the molecule is Cc1cc(C(=O)CCl)c(F)c([N+](=O)[O-])c1. The summed E-state index contributed by atoms with van der Waals surface area (Å²) < 4.78 is 13.4. The van der Waals surface area contributed by atoms with E-state index in [1.165, 1.54) is 13.0 Å². The first-order valence-corrected chi connectivity index (χ1v) is 4.54. The molecule has 0 aliphatic carbocycles. The summed E-state index contributed by atoms with van der Waals surface area (Å²) in [6.45, 7) is 1.54. The summed E-state index contributed by atoms with van der Waals surface area (Å²) in [5.41, 5.74) is -0.600. The fraction of sp³-hybridized carbons (Fsp3) is 0.222. The Morgan fingerprint density at radius 2 is 2.20 bits per heavy atom. The first-order chi connectivity index (χ1) is 6.97. The first kappa shape index (κ1) is 11.6. The average Bonchev–Trinajstić information content (AvgIpc) is 2.19. The molecule has 0 radical (unpaired) electrons. The third-order valence-corrected chi connectivity index (χ3v) is 2.06. The normalized spacial score (nSPS) is 10.1. The number of Topliss-reactive ketones (excluding diaryl/α,β-unsaturated/α-hetero) is 1. The lowest BCUT2D eigenvalue weighted by Gasteiger charge is -2.02. The minimum absolute atomic E-state index is 0.336. The van der Waals surface area contributed by atoms with Crippen LogP contribution in [0.4, 0.5) is 10.1 Å². The van der Waals surface area contributed by atoms with E-state index in [4.69, 9.17) is 11.6 Å². The lowest BCUT2D eigenvalue weighted by atomic mass is 10.1. The van der Waals surface area contributed by atoms with Gasteiger partial charge in [-0.2, -0.15) is 4.39 Å². The molecule has 0 unspecified atom stereocenters. The number of nitrogens with zero attached hydrogens (tertiary/aromatic N) is 1. The fourth-order valence-corrected chi connectivity index (χ4v) is 1.30. The molecule has 0 spiro atoms. The quantitative estimate of drug-likeness (QED) is 0.347. The molecule has 0 fully saturated rings. The predicted molar refractivity (Wildman–Crippen MR) is 52.8 cm³/mol. The van der Waals surface area contributed by atoms with Crippen molar-refractivity contribution in [3.05, 3.63) is 39.2 Å². The van der Waals surface area contributed by atoms with Gasteiger partial charge in [0.05, 0.1) is 16.4 Å². The number of aryl methyl sites for hydroxylation is 1. The number of halogens is 2. The zero-order chi connectivity index (χ0) is 11.6. The van der Waals surface area contributed by atoms with Gasteiger partial charge in [-0.3, -0.25) is 14.9 Å². The van der Waals surface area contributed by atoms with Crippen LogP contribution in [-0.2, 0) is 0 Å². The molecule has 0 N–H and O–H groups in total. The van der Waals surface area contributed by atoms with Crippen LogP contribution in [0, 0.1) is 22.9 Å². The number of carbonyl (C=O) groups is 1. The van der Waals surface area contributed by atoms with Gasteiger partial charge in [0.25, 0.3) is 0 Å². The molecule has 0 heterocycles. The maximum absolute atomic E-state index is 13.4. The van der Waals surface area contributed by atoms with Gasteiger partial charge in [0.15, 0.2) is 5.78 Å². The van der Waals surface area contributed by atoms with Gasteiger partial charge in [-0.15, -0.1) is 11.6 Å². The Kier molecular flexibility index (Phi) is 3.36. The second kappa shape index (κ2) is 4.35. The molecule has 0 saturated heterocycles. The van der Waals surface area contributed by atoms with Crippen molar-refractivity contribution in [2.24, 2.45) is 0 Å². The van der Waals surface area contributed by atoms with Crippen molar-refractivity contribution in [2.45, 2.75) is 6.92 Å². The van der Waals surface area contributed by atoms with E-state index in [0.29, 0.717) is 5.56 Å². The molecule has 0 bridgehead atoms. The van der Waals surface area contributed by atoms with Gasteiger partial charge in [0, 0.05) is 6.07 Å². The van der Waals surface area contributed by atoms with E-state index in [0.717, 1.165) is 6.07 Å². The Hall–Kier alpha value is -1.49. The van der Waals surface area contributed by atoms with Crippen LogP contribution in [0.15, 0.2) is 12.1 Å². The number of nitro benzene ring substituents is 1. The third kappa shape index (κ3) is 2.30. The highest BCUT2D eigenvalue weighted by molar-refractivity contribution is 6.30. The summed E-state index contributed by atoms with van der Waals surface area (Å²) in [6.07, 6.45) is 0. The van der Waals surface area contributed by atoms with Gasteiger partial charge < -0.3 is 0 Å². The van der Waals surface area contributed by atoms with Crippen molar-refractivity contribution in [2.75, 3.05) is 5.88 Å². The van der Waals surface area contributed by atoms with Gasteiger partial charge in [0.1, 0.15) is 0 Å². The van der Waals surface area contributed by atoms with Gasteiger partial charge in [0.2, 0.25) is 5.82 Å². The summed E-state index contributed by atoms with van der Waals surface area (Å²) in [6, 6.07) is 2.31. The molecule has 15 heavy (non-hydrogen) atoms. The number of benzene rings is 1. The van der Waals surface area contributed by atoms with Gasteiger partial charge in [-0.05, 0) is 18.6 Å². The number of ketones is 1. The number of hydrogen-bond donors (Lipinski definition) is 0. The summed E-state index contributed by atoms with van der Waals surface area (Å²) in [4.78, 5) is 20.8. The maximum atomic E-state index is 13.4. The summed E-state index contributed by atoms with van der Waals surface area (Å²) in [7, 11) is 0. The van der Waals surface area contributed by atoms with Crippen molar-refractivity contribution >= 4 is 23.1 Å². The largest absolute Gasteiger partial charge is 0.305 e. The number of hydrogen-bond acceptors (Lipinski definition) is 3. The minimum atomic E-state index is -1.13. The lowest BCUT2D eigenvalue weighted by Crippen LogP contribution is -2.07. The lowest BCUT2D eigenvalue weighted by molar-refractivity contribution is -0.387. The summed E-state index contributed by atoms with van der Waals surface area (Å²) in [5.74, 6) is -2.20. The number of rotatable bonds is 3. The van der Waals surface area contributed by atoms with Gasteiger partial charge >= 0.3 is 5.69 Å². The monoisotopic (exact) mass is 231 g/mol. The zero-order valence-electron chi connectivity index (χ0n) is 7.79. The van der Waals surface area contributed by atoms with Crippen LogP contribution in [0.25, 0.3) is 0 Å². The zero-order valence-corrected chi connectivity index (χ0v) is 8.55. The van der Waals surface area contributed by atoms with E-state index in [1.807, 2.05) is 0 Å². The third-order valence-electron chi connectivity index (χ3n) is 1.82. The van der Waals surface area contributed by atoms with Crippen molar-refractivity contribution in [3.63, 3.8) is 0 Å². The van der Waals surface area contributed by atoms with Crippen molar-refractivity contribution in [1.82, 2.24) is 0 Å². The molecule has 0 aliphatic rings. The Bertz CT molecular complexity index is 434. The standard InChI is InChI=1S/C9H7ClFNO3/c1-5-2-6(8(13)4-10)9(11)7(3-5)12(14)15/h2-3H,4H2,1H3. The molecular formula is C9H7ClFNO3. The van der Waals surface area contributed by atoms with E-state index < -0.39 is 28.1 Å². The van der Waals surface area contributed by atoms with Crippen LogP contribution in [0.2, 0.25) is 0 Å². The highest BCUT2D eigenvalue weighted by atomic mass is 35.5. The molecule has 1 aromatic carbocycles. The number of carbonyl (C=O) groups excluding carboxylic acids is 1. The van der Waals surface area contributed by atoms with Crippen LogP contribution in [-0.4, -0.2) is 16.6 Å². The summed E-state index contributed by atoms with van der Waals surface area (Å²) in [5, 5.41) is 10.5. The molecular weight excluding hydrogens is 225 g/mol. The number of nitro groups is 1. The Balaban J connectivity index is 3.41. The Labute approximate surface area is 89.8 Å². The molecule has 0 aromatic heterocycles. The molecule has 1 aromatic rings. The van der Waals surface area contributed by atoms with Gasteiger partial charge in [-0.25, -0.2) is 0 Å². The summed E-state index contributed by atoms with van der Waals surface area (Å²) >= 11 is 5.26. The molecule has 4 nitrogen and oxygen atoms in total. The molecule has 80 valence electrons. The van der Waals surface area contributed by atoms with Crippen LogP contribution in [0.3, 0.4) is 0 Å². The molecule has 0 atom stereocenters. The smallest absolute Gasteiger partial charge is 0.293 e. The predicted octanol–water partition coefficient (Wildman–Crippen LogP) is 2.46. The second-order valence-electron chi connectivity index (χ2n) is 2.96. The van der Waals surface area contributed by atoms with Crippen molar-refractivity contribution in [1.29, 1.82) is 0 Å². The van der Waals surface area contributed by atoms with E-state index >= 15 is 0 Å². The minimum Gasteiger partial charge on any atom is -0.293 e. The molecule has 0 amide bonds. The fourth-order valence-electron chi connectivity index (χ4n) is 1.16. The molecule has 6 heteroatoms. The van der Waals surface area contributed by atoms with Gasteiger partial charge in [-0.1, -0.05) is 0 Å². The topological polar surface area (TPSA) is 60.2 Å². The van der Waals surface area contributed by atoms with Crippen LogP contribution >= 0.6 is 11.6 Å². The molecule has 1 rings (SSSR count). The van der Waals surface area contributed by atoms with E-state index in [1.54, 1.807) is 0 Å².